The van der Waals surface area contributed by atoms with Gasteiger partial charge in [0.2, 0.25) is 0 Å². The lowest BCUT2D eigenvalue weighted by atomic mass is 9.99. The van der Waals surface area contributed by atoms with Crippen molar-refractivity contribution in [2.75, 3.05) is 6.54 Å². The van der Waals surface area contributed by atoms with E-state index in [2.05, 4.69) is 15.9 Å². The summed E-state index contributed by atoms with van der Waals surface area (Å²) in [6.45, 7) is 2.12. The minimum absolute atomic E-state index is 0.200. The van der Waals surface area contributed by atoms with Gasteiger partial charge in [0.25, 0.3) is 5.91 Å². The van der Waals surface area contributed by atoms with E-state index in [0.717, 1.165) is 10.2 Å². The second-order valence-corrected chi connectivity index (χ2v) is 6.57. The number of hydrogen-bond acceptors (Lipinski definition) is 3. The van der Waals surface area contributed by atoms with E-state index in [-0.39, 0.29) is 5.91 Å². The quantitative estimate of drug-likeness (QED) is 0.912. The fourth-order valence-electron chi connectivity index (χ4n) is 2.09. The standard InChI is InChI=1S/C11H12BrNO3S/c1-11(10(15)16)3-2-4-13(11)9(14)7-5-8(12)17-6-7/h5-6H,2-4H2,1H3,(H,15,16)/t11-/m0/s1. The lowest BCUT2D eigenvalue weighted by Crippen LogP contribution is -2.50. The summed E-state index contributed by atoms with van der Waals surface area (Å²) in [5, 5.41) is 11.0. The van der Waals surface area contributed by atoms with E-state index in [1.165, 1.54) is 16.2 Å². The Kier molecular flexibility index (Phi) is 3.27. The van der Waals surface area contributed by atoms with Gasteiger partial charge in [-0.3, -0.25) is 4.79 Å². The molecular weight excluding hydrogens is 306 g/mol. The van der Waals surface area contributed by atoms with Crippen LogP contribution < -0.4 is 0 Å². The van der Waals surface area contributed by atoms with Crippen LogP contribution in [0.2, 0.25) is 0 Å². The Hall–Kier alpha value is -0.880. The van der Waals surface area contributed by atoms with E-state index in [1.807, 2.05) is 0 Å². The zero-order valence-corrected chi connectivity index (χ0v) is 11.7. The van der Waals surface area contributed by atoms with Crippen molar-refractivity contribution in [1.82, 2.24) is 4.90 Å². The van der Waals surface area contributed by atoms with E-state index in [9.17, 15) is 14.7 Å². The Balaban J connectivity index is 2.28. The number of carboxylic acid groups (broad SMARTS) is 1. The molecule has 0 spiro atoms. The van der Waals surface area contributed by atoms with Crippen LogP contribution >= 0.6 is 27.3 Å². The summed E-state index contributed by atoms with van der Waals surface area (Å²) in [7, 11) is 0. The SMILES string of the molecule is C[C@@]1(C(=O)O)CCCN1C(=O)c1csc(Br)c1. The Morgan fingerprint density at radius 2 is 2.29 bits per heavy atom. The van der Waals surface area contributed by atoms with Crippen LogP contribution in [0.1, 0.15) is 30.1 Å². The normalized spacial score (nSPS) is 24.0. The monoisotopic (exact) mass is 317 g/mol. The van der Waals surface area contributed by atoms with Gasteiger partial charge < -0.3 is 10.0 Å². The average Bonchev–Trinajstić information content (AvgIpc) is 2.85. The van der Waals surface area contributed by atoms with Gasteiger partial charge in [0, 0.05) is 11.9 Å². The molecule has 0 bridgehead atoms. The van der Waals surface area contributed by atoms with Crippen molar-refractivity contribution < 1.29 is 14.7 Å². The number of aliphatic carboxylic acids is 1. The predicted octanol–water partition coefficient (Wildman–Crippen LogP) is 2.59. The molecular formula is C11H12BrNO3S. The molecule has 92 valence electrons. The molecule has 1 aliphatic heterocycles. The van der Waals surface area contributed by atoms with Crippen LogP contribution in [-0.4, -0.2) is 34.0 Å². The fourth-order valence-corrected chi connectivity index (χ4v) is 3.22. The van der Waals surface area contributed by atoms with Gasteiger partial charge >= 0.3 is 5.97 Å². The highest BCUT2D eigenvalue weighted by molar-refractivity contribution is 9.11. The van der Waals surface area contributed by atoms with Gasteiger partial charge in [-0.15, -0.1) is 11.3 Å². The molecule has 1 saturated heterocycles. The molecule has 0 aliphatic carbocycles. The van der Waals surface area contributed by atoms with E-state index < -0.39 is 11.5 Å². The smallest absolute Gasteiger partial charge is 0.329 e. The van der Waals surface area contributed by atoms with Crippen LogP contribution in [0.3, 0.4) is 0 Å². The first-order valence-corrected chi connectivity index (χ1v) is 6.92. The molecule has 1 N–H and O–H groups in total. The zero-order chi connectivity index (χ0) is 12.6. The van der Waals surface area contributed by atoms with Crippen molar-refractivity contribution in [3.05, 3.63) is 20.8 Å². The van der Waals surface area contributed by atoms with Crippen LogP contribution in [0.5, 0.6) is 0 Å². The van der Waals surface area contributed by atoms with Crippen LogP contribution in [-0.2, 0) is 4.79 Å². The molecule has 1 fully saturated rings. The first kappa shape index (κ1) is 12.6. The molecule has 0 saturated carbocycles. The lowest BCUT2D eigenvalue weighted by Gasteiger charge is -2.30. The fraction of sp³-hybridized carbons (Fsp3) is 0.455. The highest BCUT2D eigenvalue weighted by atomic mass is 79.9. The van der Waals surface area contributed by atoms with E-state index >= 15 is 0 Å². The van der Waals surface area contributed by atoms with Crippen molar-refractivity contribution >= 4 is 39.1 Å². The van der Waals surface area contributed by atoms with Gasteiger partial charge in [0.1, 0.15) is 5.54 Å². The highest BCUT2D eigenvalue weighted by Crippen LogP contribution is 2.32. The third kappa shape index (κ3) is 2.11. The van der Waals surface area contributed by atoms with Crippen LogP contribution in [0.15, 0.2) is 15.2 Å². The number of thiophene rings is 1. The Bertz CT molecular complexity index is 473. The highest BCUT2D eigenvalue weighted by Gasteiger charge is 2.46. The molecule has 1 aliphatic rings. The van der Waals surface area contributed by atoms with Crippen molar-refractivity contribution in [3.8, 4) is 0 Å². The van der Waals surface area contributed by atoms with Crippen molar-refractivity contribution in [1.29, 1.82) is 0 Å². The number of amides is 1. The molecule has 2 rings (SSSR count). The van der Waals surface area contributed by atoms with Crippen LogP contribution in [0.25, 0.3) is 0 Å². The second-order valence-electron chi connectivity index (χ2n) is 4.28. The van der Waals surface area contributed by atoms with Gasteiger partial charge in [-0.05, 0) is 41.8 Å². The molecule has 4 nitrogen and oxygen atoms in total. The number of halogens is 1. The maximum Gasteiger partial charge on any atom is 0.329 e. The van der Waals surface area contributed by atoms with Crippen molar-refractivity contribution in [2.45, 2.75) is 25.3 Å². The summed E-state index contributed by atoms with van der Waals surface area (Å²) in [6, 6.07) is 1.73. The average molecular weight is 318 g/mol. The van der Waals surface area contributed by atoms with Crippen molar-refractivity contribution in [2.24, 2.45) is 0 Å². The molecule has 6 heteroatoms. The summed E-state index contributed by atoms with van der Waals surface area (Å²) in [4.78, 5) is 25.0. The maximum atomic E-state index is 12.2. The summed E-state index contributed by atoms with van der Waals surface area (Å²) in [6.07, 6.45) is 1.25. The van der Waals surface area contributed by atoms with Crippen LogP contribution in [0.4, 0.5) is 0 Å². The molecule has 2 heterocycles. The molecule has 17 heavy (non-hydrogen) atoms. The summed E-state index contributed by atoms with van der Waals surface area (Å²) in [5.74, 6) is -1.13. The van der Waals surface area contributed by atoms with E-state index in [0.29, 0.717) is 18.5 Å². The summed E-state index contributed by atoms with van der Waals surface area (Å²) < 4.78 is 0.872. The third-order valence-electron chi connectivity index (χ3n) is 3.16. The topological polar surface area (TPSA) is 57.6 Å². The number of nitrogens with zero attached hydrogens (tertiary/aromatic N) is 1. The maximum absolute atomic E-state index is 12.2. The molecule has 0 aromatic carbocycles. The molecule has 1 amide bonds. The van der Waals surface area contributed by atoms with E-state index in [4.69, 9.17) is 0 Å². The molecule has 1 aromatic heterocycles. The number of rotatable bonds is 2. The minimum Gasteiger partial charge on any atom is -0.480 e. The van der Waals surface area contributed by atoms with Gasteiger partial charge in [-0.1, -0.05) is 0 Å². The number of carboxylic acids is 1. The van der Waals surface area contributed by atoms with E-state index in [1.54, 1.807) is 18.4 Å². The number of carbonyl (C=O) groups excluding carboxylic acids is 1. The number of likely N-dealkylation sites (tertiary alicyclic amines) is 1. The summed E-state index contributed by atoms with van der Waals surface area (Å²) in [5.41, 5.74) is -0.512. The molecule has 0 radical (unpaired) electrons. The molecule has 1 aromatic rings. The van der Waals surface area contributed by atoms with Gasteiger partial charge in [0.15, 0.2) is 0 Å². The first-order chi connectivity index (χ1) is 7.95. The molecule has 1 atom stereocenters. The summed E-state index contributed by atoms with van der Waals surface area (Å²) >= 11 is 4.72. The van der Waals surface area contributed by atoms with Crippen LogP contribution in [0, 0.1) is 0 Å². The predicted molar refractivity (Wildman–Crippen MR) is 68.3 cm³/mol. The van der Waals surface area contributed by atoms with Crippen molar-refractivity contribution in [3.63, 3.8) is 0 Å². The second kappa shape index (κ2) is 4.42. The third-order valence-corrected chi connectivity index (χ3v) is 4.67. The van der Waals surface area contributed by atoms with Gasteiger partial charge in [0.05, 0.1) is 9.35 Å². The first-order valence-electron chi connectivity index (χ1n) is 5.24. The lowest BCUT2D eigenvalue weighted by molar-refractivity contribution is -0.147. The van der Waals surface area contributed by atoms with Gasteiger partial charge in [-0.2, -0.15) is 0 Å². The number of carbonyl (C=O) groups is 2. The van der Waals surface area contributed by atoms with Gasteiger partial charge in [-0.25, -0.2) is 4.79 Å². The molecule has 0 unspecified atom stereocenters. The largest absolute Gasteiger partial charge is 0.480 e. The Morgan fingerprint density at radius 1 is 1.59 bits per heavy atom. The zero-order valence-electron chi connectivity index (χ0n) is 9.27. The minimum atomic E-state index is -1.06. The Labute approximate surface area is 111 Å². The Morgan fingerprint density at radius 3 is 2.82 bits per heavy atom. The number of hydrogen-bond donors (Lipinski definition) is 1.